The normalized spacial score (nSPS) is 12.6. The number of benzene rings is 1. The van der Waals surface area contributed by atoms with E-state index in [4.69, 9.17) is 5.11 Å². The molecule has 1 aromatic heterocycles. The zero-order chi connectivity index (χ0) is 14.8. The molecule has 7 heteroatoms. The van der Waals surface area contributed by atoms with Crippen LogP contribution in [0.5, 0.6) is 0 Å². The summed E-state index contributed by atoms with van der Waals surface area (Å²) in [5, 5.41) is 18.5. The van der Waals surface area contributed by atoms with Crippen LogP contribution < -0.4 is 10.6 Å². The van der Waals surface area contributed by atoms with Crippen LogP contribution in [0.2, 0.25) is 0 Å². The molecule has 3 N–H and O–H groups in total. The largest absolute Gasteiger partial charge is 0.480 e. The van der Waals surface area contributed by atoms with Gasteiger partial charge in [-0.2, -0.15) is 5.10 Å². The van der Waals surface area contributed by atoms with Crippen LogP contribution in [0.4, 0.5) is 11.4 Å². The van der Waals surface area contributed by atoms with Gasteiger partial charge >= 0.3 is 5.97 Å². The van der Waals surface area contributed by atoms with Gasteiger partial charge in [0.15, 0.2) is 0 Å². The van der Waals surface area contributed by atoms with Crippen molar-refractivity contribution in [1.29, 1.82) is 0 Å². The molecule has 1 aliphatic rings. The van der Waals surface area contributed by atoms with E-state index in [0.717, 1.165) is 18.7 Å². The highest BCUT2D eigenvalue weighted by Gasteiger charge is 2.14. The summed E-state index contributed by atoms with van der Waals surface area (Å²) in [7, 11) is 0. The predicted molar refractivity (Wildman–Crippen MR) is 76.5 cm³/mol. The lowest BCUT2D eigenvalue weighted by Crippen LogP contribution is -2.12. The fourth-order valence-corrected chi connectivity index (χ4v) is 2.29. The number of aromatic nitrogens is 2. The molecular weight excluding hydrogens is 272 g/mol. The third kappa shape index (κ3) is 2.86. The molecule has 0 radical (unpaired) electrons. The van der Waals surface area contributed by atoms with E-state index in [1.807, 2.05) is 12.1 Å². The SMILES string of the molecule is O=C(O)Cn1cc(NC(=O)c2ccc3c(c2)NCC3)cn1. The average Bonchev–Trinajstić information content (AvgIpc) is 3.06. The van der Waals surface area contributed by atoms with Gasteiger partial charge in [0.1, 0.15) is 6.54 Å². The van der Waals surface area contributed by atoms with Gasteiger partial charge in [0.25, 0.3) is 5.91 Å². The molecule has 0 atom stereocenters. The maximum absolute atomic E-state index is 12.2. The first kappa shape index (κ1) is 13.2. The third-order valence-electron chi connectivity index (χ3n) is 3.27. The highest BCUT2D eigenvalue weighted by atomic mass is 16.4. The monoisotopic (exact) mass is 286 g/mol. The first-order valence-corrected chi connectivity index (χ1v) is 6.54. The average molecular weight is 286 g/mol. The van der Waals surface area contributed by atoms with Crippen LogP contribution in [0, 0.1) is 0 Å². The number of carbonyl (C=O) groups is 2. The molecule has 21 heavy (non-hydrogen) atoms. The molecule has 0 bridgehead atoms. The Labute approximate surface area is 120 Å². The summed E-state index contributed by atoms with van der Waals surface area (Å²) in [5.74, 6) is -1.23. The van der Waals surface area contributed by atoms with Gasteiger partial charge in [-0.05, 0) is 24.1 Å². The first-order valence-electron chi connectivity index (χ1n) is 6.54. The van der Waals surface area contributed by atoms with Gasteiger partial charge in [-0.1, -0.05) is 6.07 Å². The van der Waals surface area contributed by atoms with Crippen molar-refractivity contribution in [2.75, 3.05) is 17.2 Å². The summed E-state index contributed by atoms with van der Waals surface area (Å²) in [6.07, 6.45) is 3.88. The van der Waals surface area contributed by atoms with E-state index in [9.17, 15) is 9.59 Å². The van der Waals surface area contributed by atoms with Crippen LogP contribution in [-0.4, -0.2) is 33.3 Å². The molecule has 0 saturated carbocycles. The summed E-state index contributed by atoms with van der Waals surface area (Å²) in [4.78, 5) is 22.7. The van der Waals surface area contributed by atoms with Gasteiger partial charge in [0.2, 0.25) is 0 Å². The number of carbonyl (C=O) groups excluding carboxylic acids is 1. The van der Waals surface area contributed by atoms with Crippen molar-refractivity contribution in [3.05, 3.63) is 41.7 Å². The summed E-state index contributed by atoms with van der Waals surface area (Å²) in [6.45, 7) is 0.654. The van der Waals surface area contributed by atoms with Crippen molar-refractivity contribution >= 4 is 23.3 Å². The van der Waals surface area contributed by atoms with Gasteiger partial charge in [0, 0.05) is 24.0 Å². The lowest BCUT2D eigenvalue weighted by molar-refractivity contribution is -0.137. The number of carboxylic acid groups (broad SMARTS) is 1. The van der Waals surface area contributed by atoms with E-state index >= 15 is 0 Å². The van der Waals surface area contributed by atoms with Crippen molar-refractivity contribution in [2.45, 2.75) is 13.0 Å². The van der Waals surface area contributed by atoms with Gasteiger partial charge in [-0.3, -0.25) is 14.3 Å². The van der Waals surface area contributed by atoms with Crippen LogP contribution in [-0.2, 0) is 17.8 Å². The summed E-state index contributed by atoms with van der Waals surface area (Å²) >= 11 is 0. The van der Waals surface area contributed by atoms with Crippen LogP contribution in [0.1, 0.15) is 15.9 Å². The Morgan fingerprint density at radius 3 is 3.10 bits per heavy atom. The van der Waals surface area contributed by atoms with Crippen molar-refractivity contribution in [1.82, 2.24) is 9.78 Å². The quantitative estimate of drug-likeness (QED) is 0.784. The molecule has 0 unspecified atom stereocenters. The molecule has 3 rings (SSSR count). The number of nitrogens with one attached hydrogen (secondary N) is 2. The Balaban J connectivity index is 1.71. The summed E-state index contributed by atoms with van der Waals surface area (Å²) in [6, 6.07) is 5.54. The molecule has 108 valence electrons. The molecule has 0 fully saturated rings. The maximum Gasteiger partial charge on any atom is 0.325 e. The Hall–Kier alpha value is -2.83. The maximum atomic E-state index is 12.2. The second-order valence-electron chi connectivity index (χ2n) is 4.82. The van der Waals surface area contributed by atoms with Crippen LogP contribution in [0.3, 0.4) is 0 Å². The number of nitrogens with zero attached hydrogens (tertiary/aromatic N) is 2. The summed E-state index contributed by atoms with van der Waals surface area (Å²) in [5.41, 5.74) is 3.22. The van der Waals surface area contributed by atoms with Gasteiger partial charge in [0.05, 0.1) is 11.9 Å². The second kappa shape index (κ2) is 5.28. The number of anilines is 2. The summed E-state index contributed by atoms with van der Waals surface area (Å²) < 4.78 is 1.25. The third-order valence-corrected chi connectivity index (χ3v) is 3.27. The molecule has 2 aromatic rings. The number of amides is 1. The topological polar surface area (TPSA) is 96.2 Å². The fraction of sp³-hybridized carbons (Fsp3) is 0.214. The zero-order valence-electron chi connectivity index (χ0n) is 11.2. The van der Waals surface area contributed by atoms with Crippen LogP contribution in [0.25, 0.3) is 0 Å². The van der Waals surface area contributed by atoms with Gasteiger partial charge in [-0.15, -0.1) is 0 Å². The molecular formula is C14H14N4O3. The van der Waals surface area contributed by atoms with E-state index in [0.29, 0.717) is 11.3 Å². The standard InChI is InChI=1S/C14H14N4O3/c19-13(20)8-18-7-11(6-16-18)17-14(21)10-2-1-9-3-4-15-12(9)5-10/h1-2,5-7,15H,3-4,8H2,(H,17,21)(H,19,20). The molecule has 1 aliphatic heterocycles. The van der Waals surface area contributed by atoms with Crippen molar-refractivity contribution in [2.24, 2.45) is 0 Å². The Bertz CT molecular complexity index is 708. The Kier molecular flexibility index (Phi) is 3.31. The first-order chi connectivity index (χ1) is 10.1. The molecule has 0 saturated heterocycles. The second-order valence-corrected chi connectivity index (χ2v) is 4.82. The fourth-order valence-electron chi connectivity index (χ4n) is 2.29. The molecule has 7 nitrogen and oxygen atoms in total. The van der Waals surface area contributed by atoms with Gasteiger partial charge in [-0.25, -0.2) is 0 Å². The van der Waals surface area contributed by atoms with Crippen molar-refractivity contribution in [3.8, 4) is 0 Å². The van der Waals surface area contributed by atoms with Crippen LogP contribution in [0.15, 0.2) is 30.6 Å². The van der Waals surface area contributed by atoms with Crippen LogP contribution >= 0.6 is 0 Å². The number of rotatable bonds is 4. The van der Waals surface area contributed by atoms with E-state index in [-0.39, 0.29) is 12.5 Å². The minimum absolute atomic E-state index is 0.237. The zero-order valence-corrected chi connectivity index (χ0v) is 11.2. The highest BCUT2D eigenvalue weighted by Crippen LogP contribution is 2.23. The minimum atomic E-state index is -0.985. The highest BCUT2D eigenvalue weighted by molar-refractivity contribution is 6.04. The molecule has 2 heterocycles. The number of aliphatic carboxylic acids is 1. The van der Waals surface area contributed by atoms with Crippen molar-refractivity contribution < 1.29 is 14.7 Å². The molecule has 1 aromatic carbocycles. The Morgan fingerprint density at radius 1 is 1.43 bits per heavy atom. The number of hydrogen-bond donors (Lipinski definition) is 3. The van der Waals surface area contributed by atoms with E-state index in [1.165, 1.54) is 22.6 Å². The number of hydrogen-bond acceptors (Lipinski definition) is 4. The lowest BCUT2D eigenvalue weighted by atomic mass is 10.1. The predicted octanol–water partition coefficient (Wildman–Crippen LogP) is 1.19. The van der Waals surface area contributed by atoms with E-state index < -0.39 is 5.97 Å². The van der Waals surface area contributed by atoms with E-state index in [1.54, 1.807) is 6.07 Å². The lowest BCUT2D eigenvalue weighted by Gasteiger charge is -2.05. The molecule has 1 amide bonds. The van der Waals surface area contributed by atoms with Gasteiger partial charge < -0.3 is 15.7 Å². The number of fused-ring (bicyclic) bond motifs is 1. The number of carboxylic acids is 1. The molecule has 0 aliphatic carbocycles. The Morgan fingerprint density at radius 2 is 2.29 bits per heavy atom. The minimum Gasteiger partial charge on any atom is -0.480 e. The van der Waals surface area contributed by atoms with E-state index in [2.05, 4.69) is 15.7 Å². The molecule has 0 spiro atoms. The smallest absolute Gasteiger partial charge is 0.325 e. The van der Waals surface area contributed by atoms with Crippen molar-refractivity contribution in [3.63, 3.8) is 0 Å².